The number of halogens is 1. The lowest BCUT2D eigenvalue weighted by Crippen LogP contribution is -2.44. The molecular formula is C22H29FN4O. The summed E-state index contributed by atoms with van der Waals surface area (Å²) in [6.07, 6.45) is 8.74. The molecule has 1 aliphatic heterocycles. The number of imidazole rings is 1. The molecule has 1 aliphatic carbocycles. The van der Waals surface area contributed by atoms with Gasteiger partial charge in [-0.2, -0.15) is 0 Å². The first kappa shape index (κ1) is 19.0. The molecule has 150 valence electrons. The Morgan fingerprint density at radius 2 is 1.93 bits per heavy atom. The first-order valence-electron chi connectivity index (χ1n) is 10.4. The predicted molar refractivity (Wildman–Crippen MR) is 107 cm³/mol. The van der Waals surface area contributed by atoms with Crippen LogP contribution in [0, 0.1) is 12.7 Å². The number of carbonyl (C=O) groups excluding carboxylic acids is 1. The van der Waals surface area contributed by atoms with Gasteiger partial charge in [0.1, 0.15) is 11.6 Å². The maximum atomic E-state index is 13.2. The fraction of sp³-hybridized carbons (Fsp3) is 0.545. The van der Waals surface area contributed by atoms with E-state index in [1.165, 1.54) is 31.4 Å². The molecule has 2 aromatic rings. The zero-order valence-electron chi connectivity index (χ0n) is 16.5. The monoisotopic (exact) mass is 384 g/mol. The molecule has 1 saturated carbocycles. The molecule has 1 unspecified atom stereocenters. The van der Waals surface area contributed by atoms with Crippen molar-refractivity contribution in [3.05, 3.63) is 53.4 Å². The summed E-state index contributed by atoms with van der Waals surface area (Å²) in [5.41, 5.74) is 2.14. The van der Waals surface area contributed by atoms with E-state index in [1.807, 2.05) is 30.2 Å². The number of hydrogen-bond donors (Lipinski definition) is 1. The van der Waals surface area contributed by atoms with Crippen molar-refractivity contribution in [3.63, 3.8) is 0 Å². The molecule has 1 aromatic heterocycles. The highest BCUT2D eigenvalue weighted by Crippen LogP contribution is 2.28. The molecule has 6 heteroatoms. The van der Waals surface area contributed by atoms with E-state index in [4.69, 9.17) is 0 Å². The van der Waals surface area contributed by atoms with Gasteiger partial charge in [0.15, 0.2) is 0 Å². The maximum Gasteiger partial charge on any atom is 0.317 e. The first-order valence-corrected chi connectivity index (χ1v) is 10.4. The summed E-state index contributed by atoms with van der Waals surface area (Å²) >= 11 is 0. The van der Waals surface area contributed by atoms with Gasteiger partial charge in [-0.25, -0.2) is 14.2 Å². The smallest absolute Gasteiger partial charge is 0.317 e. The number of hydrogen-bond acceptors (Lipinski definition) is 2. The number of aryl methyl sites for hydroxylation is 1. The summed E-state index contributed by atoms with van der Waals surface area (Å²) in [7, 11) is 0. The van der Waals surface area contributed by atoms with Crippen LogP contribution in [0.2, 0.25) is 0 Å². The normalized spacial score (nSPS) is 20.5. The molecule has 2 heterocycles. The number of nitrogens with one attached hydrogen (secondary N) is 1. The average molecular weight is 384 g/mol. The van der Waals surface area contributed by atoms with Gasteiger partial charge in [-0.1, -0.05) is 31.4 Å². The topological polar surface area (TPSA) is 50.2 Å². The van der Waals surface area contributed by atoms with Crippen molar-refractivity contribution in [2.45, 2.75) is 64.0 Å². The van der Waals surface area contributed by atoms with E-state index >= 15 is 0 Å². The molecule has 2 fully saturated rings. The van der Waals surface area contributed by atoms with Crippen LogP contribution in [0.15, 0.2) is 30.5 Å². The Morgan fingerprint density at radius 1 is 1.18 bits per heavy atom. The fourth-order valence-corrected chi connectivity index (χ4v) is 4.45. The summed E-state index contributed by atoms with van der Waals surface area (Å²) in [4.78, 5) is 19.2. The molecule has 1 N–H and O–H groups in total. The molecule has 5 nitrogen and oxygen atoms in total. The third-order valence-corrected chi connectivity index (χ3v) is 6.11. The predicted octanol–water partition coefficient (Wildman–Crippen LogP) is 4.21. The van der Waals surface area contributed by atoms with E-state index in [-0.39, 0.29) is 17.8 Å². The minimum atomic E-state index is -0.221. The van der Waals surface area contributed by atoms with Crippen LogP contribution in [0.3, 0.4) is 0 Å². The average Bonchev–Trinajstić information content (AvgIpc) is 3.32. The van der Waals surface area contributed by atoms with Crippen LogP contribution in [-0.2, 0) is 6.54 Å². The summed E-state index contributed by atoms with van der Waals surface area (Å²) in [6, 6.07) is 7.03. The fourth-order valence-electron chi connectivity index (χ4n) is 4.45. The van der Waals surface area contributed by atoms with Crippen LogP contribution in [0.5, 0.6) is 0 Å². The molecule has 1 atom stereocenters. The van der Waals surface area contributed by atoms with E-state index in [0.29, 0.717) is 19.1 Å². The van der Waals surface area contributed by atoms with Crippen molar-refractivity contribution in [3.8, 4) is 0 Å². The van der Waals surface area contributed by atoms with Gasteiger partial charge >= 0.3 is 6.03 Å². The Labute approximate surface area is 165 Å². The van der Waals surface area contributed by atoms with E-state index in [9.17, 15) is 9.18 Å². The Kier molecular flexibility index (Phi) is 5.64. The first-order chi connectivity index (χ1) is 13.6. The highest BCUT2D eigenvalue weighted by atomic mass is 19.1. The number of aromatic nitrogens is 2. The molecule has 1 saturated heterocycles. The molecule has 0 spiro atoms. The second kappa shape index (κ2) is 8.33. The van der Waals surface area contributed by atoms with Gasteiger partial charge in [-0.15, -0.1) is 0 Å². The van der Waals surface area contributed by atoms with Crippen molar-refractivity contribution in [1.29, 1.82) is 0 Å². The number of rotatable bonds is 4. The third-order valence-electron chi connectivity index (χ3n) is 6.11. The lowest BCUT2D eigenvalue weighted by atomic mass is 9.96. The molecule has 1 aromatic carbocycles. The van der Waals surface area contributed by atoms with Crippen molar-refractivity contribution in [2.75, 3.05) is 13.1 Å². The lowest BCUT2D eigenvalue weighted by Gasteiger charge is -2.26. The summed E-state index contributed by atoms with van der Waals surface area (Å²) in [6.45, 7) is 4.19. The highest BCUT2D eigenvalue weighted by molar-refractivity contribution is 5.75. The Bertz CT molecular complexity index is 810. The van der Waals surface area contributed by atoms with Crippen LogP contribution in [0.25, 0.3) is 0 Å². The second-order valence-electron chi connectivity index (χ2n) is 8.19. The zero-order valence-corrected chi connectivity index (χ0v) is 16.5. The number of nitrogens with zero attached hydrogens (tertiary/aromatic N) is 3. The van der Waals surface area contributed by atoms with Gasteiger partial charge in [-0.05, 0) is 43.9 Å². The number of amides is 2. The number of urea groups is 1. The molecule has 28 heavy (non-hydrogen) atoms. The standard InChI is InChI=1S/C22H29FN4O/c1-16-13-24-21(27(16)14-17-7-9-19(23)10-8-17)18-11-12-26(15-18)22(28)25-20-5-3-2-4-6-20/h7-10,13,18,20H,2-6,11-12,14-15H2,1H3,(H,25,28). The molecule has 2 amide bonds. The zero-order chi connectivity index (χ0) is 19.5. The lowest BCUT2D eigenvalue weighted by molar-refractivity contribution is 0.200. The Balaban J connectivity index is 1.41. The van der Waals surface area contributed by atoms with E-state index in [1.54, 1.807) is 0 Å². The highest BCUT2D eigenvalue weighted by Gasteiger charge is 2.31. The van der Waals surface area contributed by atoms with Crippen molar-refractivity contribution < 1.29 is 9.18 Å². The largest absolute Gasteiger partial charge is 0.335 e. The SMILES string of the molecule is Cc1cnc(C2CCN(C(=O)NC3CCCCC3)C2)n1Cc1ccc(F)cc1. The van der Waals surface area contributed by atoms with E-state index in [2.05, 4.69) is 14.9 Å². The second-order valence-corrected chi connectivity index (χ2v) is 8.19. The van der Waals surface area contributed by atoms with Gasteiger partial charge in [-0.3, -0.25) is 0 Å². The van der Waals surface area contributed by atoms with Crippen molar-refractivity contribution >= 4 is 6.03 Å². The summed E-state index contributed by atoms with van der Waals surface area (Å²) in [5, 5.41) is 3.22. The number of carbonyl (C=O) groups is 1. The van der Waals surface area contributed by atoms with Gasteiger partial charge in [0, 0.05) is 43.5 Å². The van der Waals surface area contributed by atoms with Gasteiger partial charge in [0.2, 0.25) is 0 Å². The molecular weight excluding hydrogens is 355 g/mol. The maximum absolute atomic E-state index is 13.2. The number of benzene rings is 1. The number of likely N-dealkylation sites (tertiary alicyclic amines) is 1. The summed E-state index contributed by atoms with van der Waals surface area (Å²) in [5.74, 6) is 1.04. The van der Waals surface area contributed by atoms with Crippen molar-refractivity contribution in [1.82, 2.24) is 19.8 Å². The van der Waals surface area contributed by atoms with Crippen LogP contribution in [-0.4, -0.2) is 39.6 Å². The van der Waals surface area contributed by atoms with Gasteiger partial charge in [0.05, 0.1) is 0 Å². The van der Waals surface area contributed by atoms with Crippen LogP contribution in [0.1, 0.15) is 61.5 Å². The van der Waals surface area contributed by atoms with Crippen LogP contribution >= 0.6 is 0 Å². The van der Waals surface area contributed by atoms with Gasteiger partial charge in [0.25, 0.3) is 0 Å². The molecule has 2 aliphatic rings. The molecule has 0 radical (unpaired) electrons. The molecule has 0 bridgehead atoms. The van der Waals surface area contributed by atoms with E-state index < -0.39 is 0 Å². The Hall–Kier alpha value is -2.37. The minimum absolute atomic E-state index is 0.0720. The Morgan fingerprint density at radius 3 is 2.68 bits per heavy atom. The third kappa shape index (κ3) is 4.21. The van der Waals surface area contributed by atoms with Gasteiger partial charge < -0.3 is 14.8 Å². The summed E-state index contributed by atoms with van der Waals surface area (Å²) < 4.78 is 15.4. The minimum Gasteiger partial charge on any atom is -0.335 e. The van der Waals surface area contributed by atoms with Crippen LogP contribution < -0.4 is 5.32 Å². The van der Waals surface area contributed by atoms with Crippen LogP contribution in [0.4, 0.5) is 9.18 Å². The van der Waals surface area contributed by atoms with E-state index in [0.717, 1.165) is 42.9 Å². The molecule has 4 rings (SSSR count). The quantitative estimate of drug-likeness (QED) is 0.858. The van der Waals surface area contributed by atoms with Crippen molar-refractivity contribution in [2.24, 2.45) is 0 Å².